The summed E-state index contributed by atoms with van der Waals surface area (Å²) in [4.78, 5) is 26.8. The van der Waals surface area contributed by atoms with E-state index in [1.54, 1.807) is 0 Å². The number of rotatable bonds is 2. The number of aromatic nitrogens is 2. The van der Waals surface area contributed by atoms with Crippen LogP contribution in [0, 0.1) is 11.8 Å². The van der Waals surface area contributed by atoms with Crippen LogP contribution in [-0.2, 0) is 6.42 Å². The van der Waals surface area contributed by atoms with Gasteiger partial charge in [-0.3, -0.25) is 9.78 Å². The first kappa shape index (κ1) is 12.9. The number of aryl methyl sites for hydroxylation is 1. The summed E-state index contributed by atoms with van der Waals surface area (Å²) in [5, 5.41) is 0. The lowest BCUT2D eigenvalue weighted by atomic mass is 10.1. The third-order valence-electron chi connectivity index (χ3n) is 2.65. The zero-order valence-electron chi connectivity index (χ0n) is 10.6. The Kier molecular flexibility index (Phi) is 3.99. The number of benzene rings is 1. The van der Waals surface area contributed by atoms with Crippen LogP contribution in [0.1, 0.15) is 30.0 Å². The fourth-order valence-electron chi connectivity index (χ4n) is 1.69. The Morgan fingerprint density at radius 1 is 1.11 bits per heavy atom. The van der Waals surface area contributed by atoms with Crippen molar-refractivity contribution in [2.75, 3.05) is 0 Å². The predicted octanol–water partition coefficient (Wildman–Crippen LogP) is 1.42. The minimum absolute atomic E-state index is 0.247. The fourth-order valence-corrected chi connectivity index (χ4v) is 1.69. The maximum absolute atomic E-state index is 11.4. The average molecular weight is 254 g/mol. The lowest BCUT2D eigenvalue weighted by Gasteiger charge is -1.97. The minimum atomic E-state index is -0.528. The van der Waals surface area contributed by atoms with Crippen molar-refractivity contribution < 1.29 is 0 Å². The van der Waals surface area contributed by atoms with Crippen LogP contribution in [0.4, 0.5) is 0 Å². The molecule has 0 fully saturated rings. The SMILES string of the molecule is CCCc1ccc(C#Cc2c[nH]c(=O)[nH]c2=O)cc1. The van der Waals surface area contributed by atoms with Gasteiger partial charge in [-0.15, -0.1) is 0 Å². The highest BCUT2D eigenvalue weighted by Crippen LogP contribution is 2.05. The summed E-state index contributed by atoms with van der Waals surface area (Å²) >= 11 is 0. The first-order chi connectivity index (χ1) is 9.19. The van der Waals surface area contributed by atoms with Gasteiger partial charge in [0.25, 0.3) is 5.56 Å². The van der Waals surface area contributed by atoms with E-state index in [0.717, 1.165) is 18.4 Å². The molecule has 1 aromatic carbocycles. The fraction of sp³-hybridized carbons (Fsp3) is 0.200. The second-order valence-corrected chi connectivity index (χ2v) is 4.18. The number of hydrogen-bond acceptors (Lipinski definition) is 2. The van der Waals surface area contributed by atoms with Crippen molar-refractivity contribution in [2.45, 2.75) is 19.8 Å². The van der Waals surface area contributed by atoms with Gasteiger partial charge in [0.05, 0.1) is 0 Å². The standard InChI is InChI=1S/C15H14N2O2/c1-2-3-11-4-6-12(7-5-11)8-9-13-10-16-15(19)17-14(13)18/h4-7,10H,2-3H2,1H3,(H2,16,17,18,19). The van der Waals surface area contributed by atoms with Crippen molar-refractivity contribution in [2.24, 2.45) is 0 Å². The van der Waals surface area contributed by atoms with Crippen molar-refractivity contribution in [3.63, 3.8) is 0 Å². The van der Waals surface area contributed by atoms with Crippen molar-refractivity contribution >= 4 is 0 Å². The smallest absolute Gasteiger partial charge is 0.313 e. The molecule has 0 aliphatic heterocycles. The topological polar surface area (TPSA) is 65.7 Å². The van der Waals surface area contributed by atoms with Crippen LogP contribution in [0.2, 0.25) is 0 Å². The van der Waals surface area contributed by atoms with Gasteiger partial charge in [0, 0.05) is 11.8 Å². The Hall–Kier alpha value is -2.54. The Bertz CT molecular complexity index is 727. The van der Waals surface area contributed by atoms with Crippen LogP contribution in [-0.4, -0.2) is 9.97 Å². The molecule has 4 nitrogen and oxygen atoms in total. The molecule has 0 unspecified atom stereocenters. The zero-order chi connectivity index (χ0) is 13.7. The molecule has 0 atom stereocenters. The molecule has 2 rings (SSSR count). The first-order valence-corrected chi connectivity index (χ1v) is 6.12. The molecule has 0 radical (unpaired) electrons. The van der Waals surface area contributed by atoms with Gasteiger partial charge in [-0.05, 0) is 24.1 Å². The molecule has 2 aromatic rings. The summed E-state index contributed by atoms with van der Waals surface area (Å²) in [6.45, 7) is 2.14. The van der Waals surface area contributed by atoms with Gasteiger partial charge in [0.2, 0.25) is 0 Å². The molecule has 2 N–H and O–H groups in total. The van der Waals surface area contributed by atoms with Crippen molar-refractivity contribution in [3.05, 3.63) is 68.0 Å². The van der Waals surface area contributed by atoms with Gasteiger partial charge >= 0.3 is 5.69 Å². The number of hydrogen-bond donors (Lipinski definition) is 2. The molecule has 1 aromatic heterocycles. The Morgan fingerprint density at radius 3 is 2.47 bits per heavy atom. The van der Waals surface area contributed by atoms with E-state index in [1.807, 2.05) is 24.3 Å². The van der Waals surface area contributed by atoms with Crippen molar-refractivity contribution in [3.8, 4) is 11.8 Å². The Balaban J connectivity index is 2.24. The van der Waals surface area contributed by atoms with Gasteiger partial charge < -0.3 is 4.98 Å². The van der Waals surface area contributed by atoms with E-state index >= 15 is 0 Å². The van der Waals surface area contributed by atoms with Gasteiger partial charge in [0.1, 0.15) is 5.56 Å². The second-order valence-electron chi connectivity index (χ2n) is 4.18. The van der Waals surface area contributed by atoms with Crippen LogP contribution in [0.25, 0.3) is 0 Å². The molecule has 0 amide bonds. The highest BCUT2D eigenvalue weighted by atomic mass is 16.2. The maximum Gasteiger partial charge on any atom is 0.325 e. The van der Waals surface area contributed by atoms with Gasteiger partial charge in [-0.1, -0.05) is 37.3 Å². The van der Waals surface area contributed by atoms with E-state index < -0.39 is 11.2 Å². The molecule has 4 heteroatoms. The van der Waals surface area contributed by atoms with E-state index in [1.165, 1.54) is 11.8 Å². The molecule has 0 bridgehead atoms. The molecular formula is C15H14N2O2. The van der Waals surface area contributed by atoms with E-state index in [0.29, 0.717) is 0 Å². The third kappa shape index (κ3) is 3.46. The molecule has 0 aliphatic rings. The van der Waals surface area contributed by atoms with Crippen LogP contribution in [0.3, 0.4) is 0 Å². The number of nitrogens with one attached hydrogen (secondary N) is 2. The lowest BCUT2D eigenvalue weighted by Crippen LogP contribution is -2.23. The van der Waals surface area contributed by atoms with E-state index in [9.17, 15) is 9.59 Å². The van der Waals surface area contributed by atoms with Crippen LogP contribution >= 0.6 is 0 Å². The number of H-pyrrole nitrogens is 2. The molecule has 1 heterocycles. The molecule has 0 saturated carbocycles. The summed E-state index contributed by atoms with van der Waals surface area (Å²) in [5.74, 6) is 5.64. The molecule has 0 saturated heterocycles. The van der Waals surface area contributed by atoms with E-state index in [4.69, 9.17) is 0 Å². The average Bonchev–Trinajstić information content (AvgIpc) is 2.40. The zero-order valence-corrected chi connectivity index (χ0v) is 10.6. The Labute approximate surface area is 110 Å². The molecule has 0 spiro atoms. The molecular weight excluding hydrogens is 240 g/mol. The predicted molar refractivity (Wildman–Crippen MR) is 74.1 cm³/mol. The Morgan fingerprint density at radius 2 is 1.84 bits per heavy atom. The van der Waals surface area contributed by atoms with E-state index in [2.05, 4.69) is 28.7 Å². The number of aromatic amines is 2. The summed E-state index contributed by atoms with van der Waals surface area (Å²) in [6, 6.07) is 7.92. The second kappa shape index (κ2) is 5.87. The molecule has 0 aliphatic carbocycles. The normalized spacial score (nSPS) is 9.74. The van der Waals surface area contributed by atoms with Crippen molar-refractivity contribution in [1.29, 1.82) is 0 Å². The molecule has 96 valence electrons. The summed E-state index contributed by atoms with van der Waals surface area (Å²) in [6.07, 6.45) is 3.48. The third-order valence-corrected chi connectivity index (χ3v) is 2.65. The van der Waals surface area contributed by atoms with E-state index in [-0.39, 0.29) is 5.56 Å². The lowest BCUT2D eigenvalue weighted by molar-refractivity contribution is 0.922. The maximum atomic E-state index is 11.4. The molecule has 19 heavy (non-hydrogen) atoms. The summed E-state index contributed by atoms with van der Waals surface area (Å²) in [5.41, 5.74) is 1.36. The quantitative estimate of drug-likeness (QED) is 0.796. The van der Waals surface area contributed by atoms with Gasteiger partial charge in [-0.25, -0.2) is 4.79 Å². The van der Waals surface area contributed by atoms with Crippen LogP contribution < -0.4 is 11.2 Å². The highest BCUT2D eigenvalue weighted by molar-refractivity contribution is 5.41. The summed E-state index contributed by atoms with van der Waals surface area (Å²) in [7, 11) is 0. The monoisotopic (exact) mass is 254 g/mol. The summed E-state index contributed by atoms with van der Waals surface area (Å²) < 4.78 is 0. The van der Waals surface area contributed by atoms with Crippen LogP contribution in [0.15, 0.2) is 40.1 Å². The highest BCUT2D eigenvalue weighted by Gasteiger charge is 1.95. The van der Waals surface area contributed by atoms with Gasteiger partial charge in [-0.2, -0.15) is 0 Å². The van der Waals surface area contributed by atoms with Crippen molar-refractivity contribution in [1.82, 2.24) is 9.97 Å². The largest absolute Gasteiger partial charge is 0.325 e. The van der Waals surface area contributed by atoms with Gasteiger partial charge in [0.15, 0.2) is 0 Å². The minimum Gasteiger partial charge on any atom is -0.313 e. The van der Waals surface area contributed by atoms with Crippen LogP contribution in [0.5, 0.6) is 0 Å². The first-order valence-electron chi connectivity index (χ1n) is 6.12.